The molecule has 0 atom stereocenters. The number of nitrogens with two attached hydrogens (primary N) is 1. The largest absolute Gasteiger partial charge is 0.483 e. The van der Waals surface area contributed by atoms with Gasteiger partial charge in [0.05, 0.1) is 11.1 Å². The number of primary amides is 1. The van der Waals surface area contributed by atoms with E-state index < -0.39 is 16.7 Å². The Labute approximate surface area is 142 Å². The standard InChI is InChI=1S/C16H14N4O5/c17-15(21)10-25-14-4-2-1-3-12(14)9-18-19-16(22)11-5-7-13(8-6-11)20(23)24/h1-9H,10H2,(H2,17,21)(H,19,22)/b18-9+. The fraction of sp³-hybridized carbons (Fsp3) is 0.0625. The number of ether oxygens (including phenoxy) is 1. The fourth-order valence-electron chi connectivity index (χ4n) is 1.83. The maximum absolute atomic E-state index is 11.9. The van der Waals surface area contributed by atoms with Crippen molar-refractivity contribution in [1.29, 1.82) is 0 Å². The van der Waals surface area contributed by atoms with E-state index in [1.165, 1.54) is 30.5 Å². The number of carbonyl (C=O) groups is 2. The summed E-state index contributed by atoms with van der Waals surface area (Å²) in [5.41, 5.74) is 7.98. The number of hydrogen-bond acceptors (Lipinski definition) is 6. The Morgan fingerprint density at radius 2 is 1.88 bits per heavy atom. The molecular weight excluding hydrogens is 328 g/mol. The normalized spacial score (nSPS) is 10.4. The highest BCUT2D eigenvalue weighted by Crippen LogP contribution is 2.15. The predicted octanol–water partition coefficient (Wildman–Crippen LogP) is 1.22. The highest BCUT2D eigenvalue weighted by molar-refractivity contribution is 5.95. The summed E-state index contributed by atoms with van der Waals surface area (Å²) in [4.78, 5) is 32.7. The lowest BCUT2D eigenvalue weighted by atomic mass is 10.2. The Morgan fingerprint density at radius 3 is 2.52 bits per heavy atom. The van der Waals surface area contributed by atoms with E-state index in [9.17, 15) is 19.7 Å². The number of benzene rings is 2. The number of nitro groups is 1. The van der Waals surface area contributed by atoms with Crippen LogP contribution in [0, 0.1) is 10.1 Å². The van der Waals surface area contributed by atoms with Crippen LogP contribution < -0.4 is 15.9 Å². The van der Waals surface area contributed by atoms with Crippen LogP contribution in [0.1, 0.15) is 15.9 Å². The first kappa shape index (κ1) is 17.6. The van der Waals surface area contributed by atoms with E-state index in [-0.39, 0.29) is 17.9 Å². The number of amides is 2. The van der Waals surface area contributed by atoms with Crippen LogP contribution in [-0.4, -0.2) is 29.6 Å². The molecule has 9 heteroatoms. The number of nitrogens with one attached hydrogen (secondary N) is 1. The van der Waals surface area contributed by atoms with Gasteiger partial charge in [-0.3, -0.25) is 19.7 Å². The van der Waals surface area contributed by atoms with Gasteiger partial charge in [-0.15, -0.1) is 0 Å². The summed E-state index contributed by atoms with van der Waals surface area (Å²) in [6.45, 7) is -0.278. The third kappa shape index (κ3) is 5.13. The zero-order valence-corrected chi connectivity index (χ0v) is 12.9. The third-order valence-corrected chi connectivity index (χ3v) is 3.00. The molecule has 9 nitrogen and oxygen atoms in total. The number of rotatable bonds is 7. The van der Waals surface area contributed by atoms with Crippen molar-refractivity contribution in [2.24, 2.45) is 10.8 Å². The Hall–Kier alpha value is -3.75. The number of nitrogens with zero attached hydrogens (tertiary/aromatic N) is 2. The molecule has 3 N–H and O–H groups in total. The first-order chi connectivity index (χ1) is 12.0. The van der Waals surface area contributed by atoms with E-state index in [2.05, 4.69) is 10.5 Å². The van der Waals surface area contributed by atoms with Crippen LogP contribution in [0.15, 0.2) is 53.6 Å². The van der Waals surface area contributed by atoms with E-state index in [4.69, 9.17) is 10.5 Å². The van der Waals surface area contributed by atoms with Gasteiger partial charge in [0.2, 0.25) is 0 Å². The van der Waals surface area contributed by atoms with E-state index in [1.54, 1.807) is 24.3 Å². The van der Waals surface area contributed by atoms with Crippen molar-refractivity contribution < 1.29 is 19.2 Å². The number of hydrogen-bond donors (Lipinski definition) is 2. The van der Waals surface area contributed by atoms with Gasteiger partial charge >= 0.3 is 0 Å². The molecule has 0 aliphatic rings. The molecule has 0 aliphatic carbocycles. The molecule has 25 heavy (non-hydrogen) atoms. The topological polar surface area (TPSA) is 137 Å². The van der Waals surface area contributed by atoms with E-state index in [1.807, 2.05) is 0 Å². The second-order valence-electron chi connectivity index (χ2n) is 4.80. The van der Waals surface area contributed by atoms with Gasteiger partial charge in [0, 0.05) is 23.3 Å². The van der Waals surface area contributed by atoms with Crippen LogP contribution in [0.5, 0.6) is 5.75 Å². The first-order valence-electron chi connectivity index (χ1n) is 7.05. The molecule has 0 aliphatic heterocycles. The van der Waals surface area contributed by atoms with E-state index >= 15 is 0 Å². The van der Waals surface area contributed by atoms with Gasteiger partial charge in [0.15, 0.2) is 6.61 Å². The molecule has 2 aromatic carbocycles. The molecule has 0 saturated carbocycles. The summed E-state index contributed by atoms with van der Waals surface area (Å²) in [6.07, 6.45) is 1.35. The predicted molar refractivity (Wildman–Crippen MR) is 89.3 cm³/mol. The summed E-state index contributed by atoms with van der Waals surface area (Å²) in [5.74, 6) is -0.755. The summed E-state index contributed by atoms with van der Waals surface area (Å²) >= 11 is 0. The minimum atomic E-state index is -0.613. The molecule has 2 rings (SSSR count). The molecule has 0 bridgehead atoms. The Bertz CT molecular complexity index is 818. The minimum Gasteiger partial charge on any atom is -0.483 e. The average Bonchev–Trinajstić information content (AvgIpc) is 2.60. The average molecular weight is 342 g/mol. The smallest absolute Gasteiger partial charge is 0.271 e. The Morgan fingerprint density at radius 1 is 1.20 bits per heavy atom. The van der Waals surface area contributed by atoms with Gasteiger partial charge in [0.25, 0.3) is 17.5 Å². The second-order valence-corrected chi connectivity index (χ2v) is 4.80. The number of non-ortho nitro benzene ring substituents is 1. The maximum Gasteiger partial charge on any atom is 0.271 e. The summed E-state index contributed by atoms with van der Waals surface area (Å²) in [5, 5.41) is 14.4. The van der Waals surface area contributed by atoms with Crippen molar-refractivity contribution in [3.8, 4) is 5.75 Å². The van der Waals surface area contributed by atoms with Crippen molar-refractivity contribution in [3.05, 3.63) is 69.8 Å². The Kier molecular flexibility index (Phi) is 5.77. The van der Waals surface area contributed by atoms with Gasteiger partial charge < -0.3 is 10.5 Å². The number of hydrazone groups is 1. The zero-order chi connectivity index (χ0) is 18.2. The number of para-hydroxylation sites is 1. The molecule has 0 unspecified atom stereocenters. The molecule has 128 valence electrons. The highest BCUT2D eigenvalue weighted by Gasteiger charge is 2.08. The summed E-state index contributed by atoms with van der Waals surface area (Å²) in [7, 11) is 0. The van der Waals surface area contributed by atoms with Crippen molar-refractivity contribution in [2.75, 3.05) is 6.61 Å². The molecule has 2 aromatic rings. The van der Waals surface area contributed by atoms with Crippen LogP contribution in [0.4, 0.5) is 5.69 Å². The monoisotopic (exact) mass is 342 g/mol. The van der Waals surface area contributed by atoms with Crippen molar-refractivity contribution in [1.82, 2.24) is 5.43 Å². The number of carbonyl (C=O) groups excluding carboxylic acids is 2. The Balaban J connectivity index is 2.01. The van der Waals surface area contributed by atoms with Crippen molar-refractivity contribution >= 4 is 23.7 Å². The second kappa shape index (κ2) is 8.20. The van der Waals surface area contributed by atoms with E-state index in [0.717, 1.165) is 0 Å². The van der Waals surface area contributed by atoms with Crippen LogP contribution in [0.25, 0.3) is 0 Å². The summed E-state index contributed by atoms with van der Waals surface area (Å²) in [6, 6.07) is 11.9. The van der Waals surface area contributed by atoms with Crippen LogP contribution in [0.3, 0.4) is 0 Å². The minimum absolute atomic E-state index is 0.111. The molecular formula is C16H14N4O5. The molecule has 2 amide bonds. The third-order valence-electron chi connectivity index (χ3n) is 3.00. The highest BCUT2D eigenvalue weighted by atomic mass is 16.6. The molecule has 0 heterocycles. The fourth-order valence-corrected chi connectivity index (χ4v) is 1.83. The summed E-state index contributed by atoms with van der Waals surface area (Å²) < 4.78 is 5.23. The van der Waals surface area contributed by atoms with Gasteiger partial charge in [-0.25, -0.2) is 5.43 Å². The van der Waals surface area contributed by atoms with Crippen molar-refractivity contribution in [2.45, 2.75) is 0 Å². The molecule has 0 radical (unpaired) electrons. The van der Waals surface area contributed by atoms with Crippen molar-refractivity contribution in [3.63, 3.8) is 0 Å². The van der Waals surface area contributed by atoms with E-state index in [0.29, 0.717) is 11.3 Å². The van der Waals surface area contributed by atoms with Gasteiger partial charge in [-0.1, -0.05) is 12.1 Å². The van der Waals surface area contributed by atoms with Crippen LogP contribution in [-0.2, 0) is 4.79 Å². The quantitative estimate of drug-likeness (QED) is 0.443. The number of nitro benzene ring substituents is 1. The van der Waals surface area contributed by atoms with Crippen LogP contribution in [0.2, 0.25) is 0 Å². The molecule has 0 aromatic heterocycles. The first-order valence-corrected chi connectivity index (χ1v) is 7.05. The lowest BCUT2D eigenvalue weighted by Crippen LogP contribution is -2.20. The van der Waals surface area contributed by atoms with Gasteiger partial charge in [0.1, 0.15) is 5.75 Å². The lowest BCUT2D eigenvalue weighted by Gasteiger charge is -2.06. The van der Waals surface area contributed by atoms with Gasteiger partial charge in [-0.2, -0.15) is 5.10 Å². The molecule has 0 fully saturated rings. The SMILES string of the molecule is NC(=O)COc1ccccc1/C=N/NC(=O)c1ccc([N+](=O)[O-])cc1. The van der Waals surface area contributed by atoms with Gasteiger partial charge in [-0.05, 0) is 24.3 Å². The molecule has 0 saturated heterocycles. The maximum atomic E-state index is 11.9. The molecule has 0 spiro atoms. The lowest BCUT2D eigenvalue weighted by molar-refractivity contribution is -0.384. The van der Waals surface area contributed by atoms with Crippen LogP contribution >= 0.6 is 0 Å². The zero-order valence-electron chi connectivity index (χ0n) is 12.9.